The third-order valence-corrected chi connectivity index (χ3v) is 14.9. The molecule has 0 spiro atoms. The average Bonchev–Trinajstić information content (AvgIpc) is 1.61. The topological polar surface area (TPSA) is 541 Å². The minimum Gasteiger partial charge on any atom is -0.481 e. The van der Waals surface area contributed by atoms with Gasteiger partial charge in [-0.3, -0.25) is 62.3 Å². The Morgan fingerprint density at radius 1 is 0.578 bits per heavy atom. The second kappa shape index (κ2) is 38.7. The SMILES string of the molecule is CCC(C)CC/C=C\C=C\C(=O)N[C@H](C(=O)N[C@H](C(=O)N[C@@H](C(=O)N[C@@H](CCCCN)C(=O)N[C@H](C(=O)O)C(O)C(=O)O)C(C)C)C(C)NC(=O)[C@@H]1C[C@@H](C)CN1C(=O)[C@@H](NC(=O)[C@H](NC(=O)CNC(=O)[C@@H](N)CC(=O)O)C(C)C(=O)O)C(C)C)C(C)C(=O)O. The van der Waals surface area contributed by atoms with Gasteiger partial charge in [0.25, 0.3) is 0 Å². The summed E-state index contributed by atoms with van der Waals surface area (Å²) in [5.41, 5.74) is 11.2. The Labute approximate surface area is 520 Å². The van der Waals surface area contributed by atoms with Crippen molar-refractivity contribution in [3.63, 3.8) is 0 Å². The molecule has 5 unspecified atom stereocenters. The zero-order valence-electron chi connectivity index (χ0n) is 52.3. The molecule has 10 amide bonds. The monoisotopic (exact) mass is 1280 g/mol. The minimum atomic E-state index is -2.63. The fourth-order valence-electron chi connectivity index (χ4n) is 9.04. The number of hydrogen-bond acceptors (Lipinski definition) is 18. The van der Waals surface area contributed by atoms with Gasteiger partial charge in [0.2, 0.25) is 59.1 Å². The lowest BCUT2D eigenvalue weighted by Crippen LogP contribution is -2.65. The number of carbonyl (C=O) groups excluding carboxylic acids is 10. The zero-order chi connectivity index (χ0) is 69.0. The molecule has 0 aromatic rings. The third kappa shape index (κ3) is 26.2. The molecule has 0 bridgehead atoms. The van der Waals surface area contributed by atoms with Crippen molar-refractivity contribution in [3.05, 3.63) is 24.3 Å². The molecule has 90 heavy (non-hydrogen) atoms. The van der Waals surface area contributed by atoms with Crippen molar-refractivity contribution in [1.82, 2.24) is 52.8 Å². The molecule has 0 aromatic heterocycles. The second-order valence-electron chi connectivity index (χ2n) is 23.1. The van der Waals surface area contributed by atoms with Gasteiger partial charge in [-0.15, -0.1) is 0 Å². The molecule has 19 N–H and O–H groups in total. The number of carboxylic acids is 5. The van der Waals surface area contributed by atoms with E-state index < -0.39 is 198 Å². The van der Waals surface area contributed by atoms with Crippen LogP contribution in [-0.2, 0) is 71.9 Å². The summed E-state index contributed by atoms with van der Waals surface area (Å²) >= 11 is 0. The number of rotatable bonds is 40. The maximum atomic E-state index is 14.8. The first-order valence-electron chi connectivity index (χ1n) is 29.5. The number of carboxylic acid groups (broad SMARTS) is 5. The number of nitrogens with two attached hydrogens (primary N) is 2. The highest BCUT2D eigenvalue weighted by molar-refractivity contribution is 6.01. The number of nitrogens with one attached hydrogen (secondary N) is 9. The summed E-state index contributed by atoms with van der Waals surface area (Å²) in [4.78, 5) is 199. The average molecular weight is 1280 g/mol. The molecule has 506 valence electrons. The van der Waals surface area contributed by atoms with Crippen LogP contribution in [0.2, 0.25) is 0 Å². The molecular weight excluding hydrogens is 1190 g/mol. The van der Waals surface area contributed by atoms with Gasteiger partial charge < -0.3 is 94.9 Å². The van der Waals surface area contributed by atoms with Crippen LogP contribution in [0.5, 0.6) is 0 Å². The number of likely N-dealkylation sites (tertiary alicyclic amines) is 1. The quantitative estimate of drug-likeness (QED) is 0.0160. The standard InChI is InChI=1S/C57H92N12O21/c1-11-28(6)18-14-12-13-15-20-36(70)63-41(30(8)54(83)84)51(80)67-43(52(81)65-39(26(2)3)49(78)62-34(19-16-17-21-58)47(76)68-44(56(87)88)45(74)57(89)90)32(10)61-48(77)35-22-29(7)25-69(35)53(82)40(27(4)5)66-50(79)42(31(9)55(85)86)64-37(71)24-60-46(75)33(59)23-38(72)73/h12-13,15,20,26-35,39-45,74H,11,14,16-19,21-25,58-59H2,1-10H3,(H,60,75)(H,61,77)(H,62,78)(H,63,70)(H,64,71)(H,65,81)(H,66,79)(H,67,80)(H,68,76)(H,72,73)(H,83,84)(H,85,86)(H,87,88)(H,89,90)/b13-12-,20-15+/t28?,29-,30?,31?,32?,33+,34+,35+,39-,40+,41+,42-,43+,44+,45?/m1/s1. The van der Waals surface area contributed by atoms with Crippen molar-refractivity contribution in [3.8, 4) is 0 Å². The molecule has 1 fully saturated rings. The molecule has 1 heterocycles. The number of amides is 10. The first-order valence-corrected chi connectivity index (χ1v) is 29.5. The smallest absolute Gasteiger partial charge is 0.335 e. The number of nitrogens with zero attached hydrogens (tertiary/aromatic N) is 1. The predicted molar refractivity (Wildman–Crippen MR) is 318 cm³/mol. The Morgan fingerprint density at radius 3 is 1.61 bits per heavy atom. The molecule has 33 nitrogen and oxygen atoms in total. The highest BCUT2D eigenvalue weighted by Crippen LogP contribution is 2.26. The van der Waals surface area contributed by atoms with E-state index in [4.69, 9.17) is 16.6 Å². The van der Waals surface area contributed by atoms with Crippen LogP contribution < -0.4 is 59.3 Å². The number of aliphatic hydroxyl groups excluding tert-OH is 1. The van der Waals surface area contributed by atoms with Gasteiger partial charge in [-0.05, 0) is 89.5 Å². The van der Waals surface area contributed by atoms with Crippen LogP contribution in [0.4, 0.5) is 0 Å². The van der Waals surface area contributed by atoms with Gasteiger partial charge in [0.1, 0.15) is 42.3 Å². The summed E-state index contributed by atoms with van der Waals surface area (Å²) < 4.78 is 0. The lowest BCUT2D eigenvalue weighted by molar-refractivity contribution is -0.157. The van der Waals surface area contributed by atoms with Crippen molar-refractivity contribution in [2.45, 2.75) is 187 Å². The molecule has 0 aliphatic carbocycles. The van der Waals surface area contributed by atoms with Gasteiger partial charge in [0, 0.05) is 12.6 Å². The second-order valence-corrected chi connectivity index (χ2v) is 23.1. The molecule has 0 radical (unpaired) electrons. The van der Waals surface area contributed by atoms with E-state index in [0.717, 1.165) is 37.7 Å². The third-order valence-electron chi connectivity index (χ3n) is 14.9. The summed E-state index contributed by atoms with van der Waals surface area (Å²) in [6.07, 6.45) is 5.00. The fourth-order valence-corrected chi connectivity index (χ4v) is 9.04. The molecule has 1 aliphatic rings. The maximum absolute atomic E-state index is 14.8. The van der Waals surface area contributed by atoms with Gasteiger partial charge in [-0.2, -0.15) is 0 Å². The van der Waals surface area contributed by atoms with Crippen LogP contribution in [0, 0.1) is 35.5 Å². The summed E-state index contributed by atoms with van der Waals surface area (Å²) in [7, 11) is 0. The van der Waals surface area contributed by atoms with E-state index in [2.05, 4.69) is 49.5 Å². The fraction of sp³-hybridized carbons (Fsp3) is 0.667. The summed E-state index contributed by atoms with van der Waals surface area (Å²) in [5.74, 6) is -24.5. The van der Waals surface area contributed by atoms with E-state index in [1.165, 1.54) is 40.7 Å². The van der Waals surface area contributed by atoms with Crippen molar-refractivity contribution in [1.29, 1.82) is 0 Å². The van der Waals surface area contributed by atoms with E-state index in [1.807, 2.05) is 12.2 Å². The summed E-state index contributed by atoms with van der Waals surface area (Å²) in [6.45, 7) is 14.2. The first kappa shape index (κ1) is 79.4. The molecule has 1 aliphatic heterocycles. The zero-order valence-corrected chi connectivity index (χ0v) is 52.3. The Bertz CT molecular complexity index is 2630. The van der Waals surface area contributed by atoms with Gasteiger partial charge >= 0.3 is 29.8 Å². The Morgan fingerprint density at radius 2 is 1.10 bits per heavy atom. The minimum absolute atomic E-state index is 0.0499. The lowest BCUT2D eigenvalue weighted by Gasteiger charge is -2.34. The highest BCUT2D eigenvalue weighted by atomic mass is 16.4. The molecule has 33 heteroatoms. The van der Waals surface area contributed by atoms with E-state index in [9.17, 15) is 97.5 Å². The van der Waals surface area contributed by atoms with E-state index in [1.54, 1.807) is 19.1 Å². The molecular formula is C57H92N12O21. The van der Waals surface area contributed by atoms with Gasteiger partial charge in [0.15, 0.2) is 12.1 Å². The molecule has 15 atom stereocenters. The maximum Gasteiger partial charge on any atom is 0.335 e. The van der Waals surface area contributed by atoms with E-state index >= 15 is 0 Å². The van der Waals surface area contributed by atoms with Crippen LogP contribution in [0.3, 0.4) is 0 Å². The van der Waals surface area contributed by atoms with Gasteiger partial charge in [-0.25, -0.2) is 9.59 Å². The van der Waals surface area contributed by atoms with Crippen LogP contribution in [0.1, 0.15) is 121 Å². The van der Waals surface area contributed by atoms with Crippen molar-refractivity contribution in [2.75, 3.05) is 19.6 Å². The Kier molecular flexibility index (Phi) is 34.2. The van der Waals surface area contributed by atoms with Gasteiger partial charge in [0.05, 0.1) is 36.9 Å². The van der Waals surface area contributed by atoms with Crippen LogP contribution >= 0.6 is 0 Å². The summed E-state index contributed by atoms with van der Waals surface area (Å²) in [5, 5.41) is 78.7. The Hall–Kier alpha value is -8.59. The van der Waals surface area contributed by atoms with Crippen molar-refractivity contribution >= 4 is 88.9 Å². The van der Waals surface area contributed by atoms with Crippen molar-refractivity contribution < 1.29 is 103 Å². The number of allylic oxidation sites excluding steroid dienone is 3. The van der Waals surface area contributed by atoms with E-state index in [-0.39, 0.29) is 38.8 Å². The number of carbonyl (C=O) groups is 15. The Balaban J connectivity index is 3.87. The molecule has 0 aromatic carbocycles. The number of unbranched alkanes of at least 4 members (excludes halogenated alkanes) is 1. The summed E-state index contributed by atoms with van der Waals surface area (Å²) in [6, 6.07) is -17.6. The predicted octanol–water partition coefficient (Wildman–Crippen LogP) is -3.61. The highest BCUT2D eigenvalue weighted by Gasteiger charge is 2.45. The number of hydrogen-bond donors (Lipinski definition) is 17. The van der Waals surface area contributed by atoms with Crippen LogP contribution in [0.15, 0.2) is 24.3 Å². The largest absolute Gasteiger partial charge is 0.481 e. The first-order chi connectivity index (χ1) is 41.9. The number of aliphatic carboxylic acids is 5. The molecule has 0 saturated carbocycles. The normalized spacial score (nSPS) is 18.3. The van der Waals surface area contributed by atoms with Crippen LogP contribution in [-0.4, -0.2) is 211 Å². The van der Waals surface area contributed by atoms with Crippen molar-refractivity contribution in [2.24, 2.45) is 47.0 Å². The number of aliphatic hydroxyl groups is 1. The van der Waals surface area contributed by atoms with Crippen LogP contribution in [0.25, 0.3) is 0 Å². The van der Waals surface area contributed by atoms with Gasteiger partial charge in [-0.1, -0.05) is 73.1 Å². The molecule has 1 saturated heterocycles. The van der Waals surface area contributed by atoms with E-state index in [0.29, 0.717) is 12.3 Å². The lowest BCUT2D eigenvalue weighted by atomic mass is 9.97. The molecule has 1 rings (SSSR count).